The second kappa shape index (κ2) is 7.64. The van der Waals surface area contributed by atoms with Gasteiger partial charge in [-0.2, -0.15) is 0 Å². The summed E-state index contributed by atoms with van der Waals surface area (Å²) in [7, 11) is 1.89. The molecule has 0 spiro atoms. The largest absolute Gasteiger partial charge is 0.370 e. The van der Waals surface area contributed by atoms with Crippen LogP contribution in [0.4, 0.5) is 5.82 Å². The third-order valence-electron chi connectivity index (χ3n) is 4.04. The smallest absolute Gasteiger partial charge is 0.254 e. The van der Waals surface area contributed by atoms with Crippen LogP contribution in [0.3, 0.4) is 0 Å². The molecule has 5 heteroatoms. The maximum atomic E-state index is 12.6. The summed E-state index contributed by atoms with van der Waals surface area (Å²) in [5, 5.41) is 3.54. The van der Waals surface area contributed by atoms with Crippen molar-refractivity contribution in [2.24, 2.45) is 0 Å². The van der Waals surface area contributed by atoms with Gasteiger partial charge in [-0.25, -0.2) is 4.98 Å². The molecule has 1 aliphatic carbocycles. The van der Waals surface area contributed by atoms with E-state index >= 15 is 0 Å². The number of amides is 1. The number of anilines is 1. The Morgan fingerprint density at radius 3 is 2.76 bits per heavy atom. The number of nitrogens with zero attached hydrogens (tertiary/aromatic N) is 2. The summed E-state index contributed by atoms with van der Waals surface area (Å²) in [6, 6.07) is 3.80. The summed E-state index contributed by atoms with van der Waals surface area (Å²) in [6.07, 6.45) is 6.90. The van der Waals surface area contributed by atoms with Crippen molar-refractivity contribution in [3.63, 3.8) is 0 Å². The maximum Gasteiger partial charge on any atom is 0.254 e. The minimum Gasteiger partial charge on any atom is -0.370 e. The fraction of sp³-hybridized carbons (Fsp3) is 0.625. The summed E-state index contributed by atoms with van der Waals surface area (Å²) >= 11 is 6.04. The predicted octanol–water partition coefficient (Wildman–Crippen LogP) is 3.96. The number of halogens is 1. The molecule has 0 saturated heterocycles. The Balaban J connectivity index is 2.11. The number of pyridine rings is 1. The predicted molar refractivity (Wildman–Crippen MR) is 87.0 cm³/mol. The van der Waals surface area contributed by atoms with Crippen LogP contribution in [0.5, 0.6) is 0 Å². The third-order valence-corrected chi connectivity index (χ3v) is 4.23. The molecule has 0 aromatic carbocycles. The molecule has 0 aliphatic heterocycles. The summed E-state index contributed by atoms with van der Waals surface area (Å²) in [5.74, 6) is 0.704. The molecule has 116 valence electrons. The van der Waals surface area contributed by atoms with Crippen molar-refractivity contribution in [1.29, 1.82) is 0 Å². The topological polar surface area (TPSA) is 45.2 Å². The molecule has 0 radical (unpaired) electrons. The Labute approximate surface area is 131 Å². The van der Waals surface area contributed by atoms with Gasteiger partial charge in [-0.05, 0) is 31.4 Å². The molecule has 1 fully saturated rings. The molecular formula is C16H24ClN3O. The number of hydrogen-bond donors (Lipinski definition) is 1. The second-order valence-corrected chi connectivity index (χ2v) is 6.09. The molecule has 1 N–H and O–H groups in total. The van der Waals surface area contributed by atoms with E-state index in [4.69, 9.17) is 11.6 Å². The maximum absolute atomic E-state index is 12.6. The van der Waals surface area contributed by atoms with Crippen LogP contribution in [0.1, 0.15) is 55.8 Å². The fourth-order valence-electron chi connectivity index (χ4n) is 2.80. The van der Waals surface area contributed by atoms with Gasteiger partial charge in [0.2, 0.25) is 0 Å². The highest BCUT2D eigenvalue weighted by Crippen LogP contribution is 2.24. The van der Waals surface area contributed by atoms with Gasteiger partial charge < -0.3 is 10.2 Å². The normalized spacial score (nSPS) is 15.8. The Morgan fingerprint density at radius 2 is 2.10 bits per heavy atom. The first-order valence-electron chi connectivity index (χ1n) is 7.80. The van der Waals surface area contributed by atoms with E-state index in [2.05, 4.69) is 17.2 Å². The first-order valence-corrected chi connectivity index (χ1v) is 8.18. The molecular weight excluding hydrogens is 286 g/mol. The molecule has 1 saturated carbocycles. The zero-order valence-corrected chi connectivity index (χ0v) is 13.6. The highest BCUT2D eigenvalue weighted by Gasteiger charge is 2.23. The Hall–Kier alpha value is -1.29. The summed E-state index contributed by atoms with van der Waals surface area (Å²) in [5.41, 5.74) is 0.613. The van der Waals surface area contributed by atoms with Crippen LogP contribution in [-0.4, -0.2) is 35.4 Å². The van der Waals surface area contributed by atoms with Gasteiger partial charge in [0.05, 0.1) is 0 Å². The van der Waals surface area contributed by atoms with E-state index < -0.39 is 0 Å². The fourth-order valence-corrected chi connectivity index (χ4v) is 3.01. The van der Waals surface area contributed by atoms with Gasteiger partial charge in [0.15, 0.2) is 0 Å². The lowest BCUT2D eigenvalue weighted by molar-refractivity contribution is 0.0696. The Morgan fingerprint density at radius 1 is 1.38 bits per heavy atom. The van der Waals surface area contributed by atoms with Crippen LogP contribution < -0.4 is 5.32 Å². The standard InChI is InChI=1S/C16H24ClN3O/c1-3-9-18-15-11-12(10-14(17)19-15)16(21)20(2)13-7-5-4-6-8-13/h10-11,13H,3-9H2,1-2H3,(H,18,19). The summed E-state index contributed by atoms with van der Waals surface area (Å²) in [4.78, 5) is 18.7. The number of aromatic nitrogens is 1. The number of nitrogens with one attached hydrogen (secondary N) is 1. The molecule has 1 aromatic heterocycles. The van der Waals surface area contributed by atoms with Gasteiger partial charge in [0, 0.05) is 25.2 Å². The molecule has 0 bridgehead atoms. The summed E-state index contributed by atoms with van der Waals surface area (Å²) in [6.45, 7) is 2.90. The minimum absolute atomic E-state index is 0.0331. The van der Waals surface area contributed by atoms with Crippen LogP contribution in [0.2, 0.25) is 5.15 Å². The second-order valence-electron chi connectivity index (χ2n) is 5.70. The number of carbonyl (C=O) groups excluding carboxylic acids is 1. The van der Waals surface area contributed by atoms with Crippen molar-refractivity contribution in [2.45, 2.75) is 51.5 Å². The average molecular weight is 310 g/mol. The molecule has 1 heterocycles. The van der Waals surface area contributed by atoms with Gasteiger partial charge in [0.1, 0.15) is 11.0 Å². The van der Waals surface area contributed by atoms with Gasteiger partial charge in [-0.1, -0.05) is 37.8 Å². The van der Waals surface area contributed by atoms with E-state index in [0.29, 0.717) is 22.6 Å². The molecule has 1 aliphatic rings. The van der Waals surface area contributed by atoms with E-state index in [1.807, 2.05) is 11.9 Å². The minimum atomic E-state index is 0.0331. The van der Waals surface area contributed by atoms with E-state index in [1.165, 1.54) is 19.3 Å². The van der Waals surface area contributed by atoms with Crippen molar-refractivity contribution < 1.29 is 4.79 Å². The van der Waals surface area contributed by atoms with Crippen molar-refractivity contribution in [3.05, 3.63) is 22.8 Å². The van der Waals surface area contributed by atoms with Crippen LogP contribution in [0.15, 0.2) is 12.1 Å². The lowest BCUT2D eigenvalue weighted by atomic mass is 9.94. The van der Waals surface area contributed by atoms with Crippen LogP contribution >= 0.6 is 11.6 Å². The highest BCUT2D eigenvalue weighted by atomic mass is 35.5. The molecule has 0 unspecified atom stereocenters. The molecule has 0 atom stereocenters. The van der Waals surface area contributed by atoms with E-state index in [1.54, 1.807) is 12.1 Å². The average Bonchev–Trinajstić information content (AvgIpc) is 2.51. The molecule has 2 rings (SSSR count). The molecule has 4 nitrogen and oxygen atoms in total. The van der Waals surface area contributed by atoms with Crippen LogP contribution in [-0.2, 0) is 0 Å². The van der Waals surface area contributed by atoms with Crippen LogP contribution in [0, 0.1) is 0 Å². The van der Waals surface area contributed by atoms with E-state index in [0.717, 1.165) is 25.8 Å². The lowest BCUT2D eigenvalue weighted by Gasteiger charge is -2.31. The van der Waals surface area contributed by atoms with Crippen LogP contribution in [0.25, 0.3) is 0 Å². The monoisotopic (exact) mass is 309 g/mol. The van der Waals surface area contributed by atoms with E-state index in [-0.39, 0.29) is 5.91 Å². The van der Waals surface area contributed by atoms with Gasteiger partial charge >= 0.3 is 0 Å². The first-order chi connectivity index (χ1) is 10.1. The Kier molecular flexibility index (Phi) is 5.85. The van der Waals surface area contributed by atoms with Gasteiger partial charge in [-0.3, -0.25) is 4.79 Å². The van der Waals surface area contributed by atoms with E-state index in [9.17, 15) is 4.79 Å². The zero-order valence-electron chi connectivity index (χ0n) is 12.9. The van der Waals surface area contributed by atoms with Crippen molar-refractivity contribution in [1.82, 2.24) is 9.88 Å². The number of rotatable bonds is 5. The quantitative estimate of drug-likeness (QED) is 0.837. The first kappa shape index (κ1) is 16.1. The van der Waals surface area contributed by atoms with Crippen molar-refractivity contribution in [3.8, 4) is 0 Å². The summed E-state index contributed by atoms with van der Waals surface area (Å²) < 4.78 is 0. The Bertz CT molecular complexity index is 486. The number of carbonyl (C=O) groups is 1. The molecule has 1 amide bonds. The van der Waals surface area contributed by atoms with Crippen molar-refractivity contribution >= 4 is 23.3 Å². The number of hydrogen-bond acceptors (Lipinski definition) is 3. The highest BCUT2D eigenvalue weighted by molar-refractivity contribution is 6.29. The SMILES string of the molecule is CCCNc1cc(C(=O)N(C)C2CCCCC2)cc(Cl)n1. The van der Waals surface area contributed by atoms with Gasteiger partial charge in [0.25, 0.3) is 5.91 Å². The van der Waals surface area contributed by atoms with Gasteiger partial charge in [-0.15, -0.1) is 0 Å². The molecule has 1 aromatic rings. The third kappa shape index (κ3) is 4.34. The molecule has 21 heavy (non-hydrogen) atoms. The van der Waals surface area contributed by atoms with Crippen molar-refractivity contribution in [2.75, 3.05) is 18.9 Å². The lowest BCUT2D eigenvalue weighted by Crippen LogP contribution is -2.38. The zero-order chi connectivity index (χ0) is 15.2.